The fourth-order valence-corrected chi connectivity index (χ4v) is 1.71. The van der Waals surface area contributed by atoms with Crippen LogP contribution in [-0.4, -0.2) is 56.9 Å². The first-order valence-electron chi connectivity index (χ1n) is 5.28. The van der Waals surface area contributed by atoms with Crippen molar-refractivity contribution in [3.63, 3.8) is 0 Å². The summed E-state index contributed by atoms with van der Waals surface area (Å²) < 4.78 is 27.0. The van der Waals surface area contributed by atoms with Crippen molar-refractivity contribution in [1.82, 2.24) is 4.90 Å². The smallest absolute Gasteiger partial charge is 0.325 e. The van der Waals surface area contributed by atoms with Gasteiger partial charge in [-0.05, 0) is 13.3 Å². The van der Waals surface area contributed by atoms with Crippen LogP contribution in [0.15, 0.2) is 0 Å². The molecule has 0 aromatic heterocycles. The van der Waals surface area contributed by atoms with Gasteiger partial charge in [0.1, 0.15) is 11.8 Å². The van der Waals surface area contributed by atoms with Crippen LogP contribution in [0.25, 0.3) is 0 Å². The molecule has 0 aliphatic heterocycles. The van der Waals surface area contributed by atoms with Gasteiger partial charge in [0.2, 0.25) is 5.91 Å². The molecule has 0 aliphatic rings. The summed E-state index contributed by atoms with van der Waals surface area (Å²) in [7, 11) is -2.23. The van der Waals surface area contributed by atoms with Gasteiger partial charge >= 0.3 is 5.97 Å². The Morgan fingerprint density at radius 2 is 1.88 bits per heavy atom. The molecule has 0 fully saturated rings. The Morgan fingerprint density at radius 3 is 2.24 bits per heavy atom. The van der Waals surface area contributed by atoms with Crippen molar-refractivity contribution in [1.29, 1.82) is 0 Å². The molecule has 0 saturated heterocycles. The molecular formula is C10H19NO5S. The van der Waals surface area contributed by atoms with Crippen LogP contribution in [0.1, 0.15) is 20.3 Å². The highest BCUT2D eigenvalue weighted by Crippen LogP contribution is 2.05. The summed E-state index contributed by atoms with van der Waals surface area (Å²) in [4.78, 5) is 24.2. The Hall–Kier alpha value is -1.11. The first-order chi connectivity index (χ1) is 7.73. The summed E-state index contributed by atoms with van der Waals surface area (Å²) in [6.07, 6.45) is 1.64. The number of rotatable bonds is 6. The molecule has 1 atom stereocenters. The molecule has 0 aromatic rings. The number of esters is 1. The number of nitrogens with zero attached hydrogens (tertiary/aromatic N) is 1. The highest BCUT2D eigenvalue weighted by molar-refractivity contribution is 7.92. The van der Waals surface area contributed by atoms with Gasteiger partial charge in [-0.2, -0.15) is 0 Å². The number of carbonyl (C=O) groups is 2. The predicted molar refractivity (Wildman–Crippen MR) is 63.2 cm³/mol. The van der Waals surface area contributed by atoms with Crippen molar-refractivity contribution >= 4 is 21.7 Å². The summed E-state index contributed by atoms with van der Waals surface area (Å²) in [6, 6.07) is 0. The number of amides is 1. The van der Waals surface area contributed by atoms with Gasteiger partial charge in [-0.3, -0.25) is 9.59 Å². The number of methoxy groups -OCH3 is 1. The van der Waals surface area contributed by atoms with Crippen LogP contribution in [0.3, 0.4) is 0 Å². The van der Waals surface area contributed by atoms with E-state index in [1.165, 1.54) is 18.9 Å². The van der Waals surface area contributed by atoms with Crippen LogP contribution in [0.4, 0.5) is 0 Å². The van der Waals surface area contributed by atoms with E-state index in [4.69, 9.17) is 0 Å². The molecule has 0 aromatic carbocycles. The lowest BCUT2D eigenvalue weighted by molar-refractivity contribution is -0.146. The molecule has 0 saturated carbocycles. The van der Waals surface area contributed by atoms with E-state index in [0.717, 1.165) is 6.26 Å². The maximum atomic E-state index is 11.9. The molecule has 0 N–H and O–H groups in total. The Kier molecular flexibility index (Phi) is 6.15. The van der Waals surface area contributed by atoms with Crippen LogP contribution in [0, 0.1) is 0 Å². The average molecular weight is 265 g/mol. The quantitative estimate of drug-likeness (QED) is 0.623. The van der Waals surface area contributed by atoms with Crippen LogP contribution in [0.5, 0.6) is 0 Å². The third kappa shape index (κ3) is 5.16. The summed E-state index contributed by atoms with van der Waals surface area (Å²) in [5, 5.41) is -1.14. The van der Waals surface area contributed by atoms with Gasteiger partial charge in [0.25, 0.3) is 0 Å². The zero-order valence-corrected chi connectivity index (χ0v) is 11.4. The first kappa shape index (κ1) is 15.9. The number of sulfone groups is 1. The van der Waals surface area contributed by atoms with Crippen molar-refractivity contribution in [2.24, 2.45) is 0 Å². The van der Waals surface area contributed by atoms with Crippen molar-refractivity contribution in [2.45, 2.75) is 25.5 Å². The first-order valence-corrected chi connectivity index (χ1v) is 7.24. The number of hydrogen-bond donors (Lipinski definition) is 0. The molecular weight excluding hydrogens is 246 g/mol. The highest BCUT2D eigenvalue weighted by Gasteiger charge is 2.29. The van der Waals surface area contributed by atoms with Crippen LogP contribution in [0.2, 0.25) is 0 Å². The van der Waals surface area contributed by atoms with Gasteiger partial charge in [-0.25, -0.2) is 8.42 Å². The second kappa shape index (κ2) is 6.58. The molecule has 1 unspecified atom stereocenters. The summed E-state index contributed by atoms with van der Waals surface area (Å²) in [5.41, 5.74) is 0. The van der Waals surface area contributed by atoms with Crippen molar-refractivity contribution in [3.8, 4) is 0 Å². The van der Waals surface area contributed by atoms with E-state index in [-0.39, 0.29) is 6.54 Å². The van der Waals surface area contributed by atoms with Gasteiger partial charge < -0.3 is 9.64 Å². The lowest BCUT2D eigenvalue weighted by Gasteiger charge is -2.23. The zero-order valence-electron chi connectivity index (χ0n) is 10.6. The van der Waals surface area contributed by atoms with Gasteiger partial charge in [0.15, 0.2) is 9.84 Å². The number of carbonyl (C=O) groups excluding carboxylic acids is 2. The maximum Gasteiger partial charge on any atom is 0.325 e. The average Bonchev–Trinajstić information content (AvgIpc) is 2.25. The van der Waals surface area contributed by atoms with Crippen LogP contribution < -0.4 is 0 Å². The standard InChI is InChI=1S/C10H19NO5S/c1-5-6-11(7-9(12)16-3)10(13)8(2)17(4,14)15/h8H,5-7H2,1-4H3. The molecule has 0 spiro atoms. The Bertz CT molecular complexity index is 376. The monoisotopic (exact) mass is 265 g/mol. The normalized spacial score (nSPS) is 12.9. The van der Waals surface area contributed by atoms with E-state index in [1.807, 2.05) is 6.92 Å². The van der Waals surface area contributed by atoms with E-state index in [2.05, 4.69) is 4.74 Å². The minimum atomic E-state index is -3.45. The molecule has 0 heterocycles. The number of ether oxygens (including phenoxy) is 1. The third-order valence-electron chi connectivity index (χ3n) is 2.34. The van der Waals surface area contributed by atoms with Gasteiger partial charge in [-0.1, -0.05) is 6.92 Å². The Labute approximate surface area is 102 Å². The molecule has 100 valence electrons. The Balaban J connectivity index is 4.82. The molecule has 0 aliphatic carbocycles. The minimum absolute atomic E-state index is 0.219. The second-order valence-electron chi connectivity index (χ2n) is 3.81. The maximum absolute atomic E-state index is 11.9. The summed E-state index contributed by atoms with van der Waals surface area (Å²) >= 11 is 0. The highest BCUT2D eigenvalue weighted by atomic mass is 32.2. The largest absolute Gasteiger partial charge is 0.468 e. The van der Waals surface area contributed by atoms with E-state index >= 15 is 0 Å². The van der Waals surface area contributed by atoms with Crippen molar-refractivity contribution < 1.29 is 22.7 Å². The van der Waals surface area contributed by atoms with Gasteiger partial charge in [0.05, 0.1) is 7.11 Å². The van der Waals surface area contributed by atoms with Crippen molar-refractivity contribution in [2.75, 3.05) is 26.5 Å². The van der Waals surface area contributed by atoms with E-state index < -0.39 is 27.0 Å². The predicted octanol–water partition coefficient (Wildman–Crippen LogP) is -0.169. The molecule has 6 nitrogen and oxygen atoms in total. The molecule has 0 rings (SSSR count). The molecule has 1 amide bonds. The minimum Gasteiger partial charge on any atom is -0.468 e. The number of hydrogen-bond acceptors (Lipinski definition) is 5. The summed E-state index contributed by atoms with van der Waals surface area (Å²) in [6.45, 7) is 3.26. The third-order valence-corrected chi connectivity index (χ3v) is 3.83. The SMILES string of the molecule is CCCN(CC(=O)OC)C(=O)C(C)S(C)(=O)=O. The molecule has 0 radical (unpaired) electrons. The second-order valence-corrected chi connectivity index (χ2v) is 6.17. The van der Waals surface area contributed by atoms with E-state index in [9.17, 15) is 18.0 Å². The van der Waals surface area contributed by atoms with Gasteiger partial charge in [0, 0.05) is 12.8 Å². The fourth-order valence-electron chi connectivity index (χ4n) is 1.20. The van der Waals surface area contributed by atoms with E-state index in [0.29, 0.717) is 13.0 Å². The van der Waals surface area contributed by atoms with E-state index in [1.54, 1.807) is 0 Å². The van der Waals surface area contributed by atoms with Crippen LogP contribution >= 0.6 is 0 Å². The molecule has 7 heteroatoms. The fraction of sp³-hybridized carbons (Fsp3) is 0.800. The Morgan fingerprint density at radius 1 is 1.35 bits per heavy atom. The lowest BCUT2D eigenvalue weighted by atomic mass is 10.3. The lowest BCUT2D eigenvalue weighted by Crippen LogP contribution is -2.44. The topological polar surface area (TPSA) is 80.8 Å². The zero-order chi connectivity index (χ0) is 13.6. The van der Waals surface area contributed by atoms with Gasteiger partial charge in [-0.15, -0.1) is 0 Å². The molecule has 17 heavy (non-hydrogen) atoms. The molecule has 0 bridgehead atoms. The van der Waals surface area contributed by atoms with Crippen molar-refractivity contribution in [3.05, 3.63) is 0 Å². The summed E-state index contributed by atoms with van der Waals surface area (Å²) in [5.74, 6) is -1.13. The van der Waals surface area contributed by atoms with Crippen LogP contribution in [-0.2, 0) is 24.2 Å².